The smallest absolute Gasteiger partial charge is 0.143 e. The molecule has 0 bridgehead atoms. The SMILES string of the molecule is CC1(C)c2ccccc2-c2ccc(N(c3ccc4c(c3)oc3ccccc34)c3ccc4oc5c6ccccc6ccc5c4c3-c3ccccc3)cc21. The van der Waals surface area contributed by atoms with E-state index in [0.29, 0.717) is 0 Å². The Balaban J connectivity index is 1.23. The fourth-order valence-electron chi connectivity index (χ4n) is 8.78. The van der Waals surface area contributed by atoms with Crippen molar-refractivity contribution in [3.8, 4) is 22.3 Å². The molecule has 0 unspecified atom stereocenters. The van der Waals surface area contributed by atoms with Gasteiger partial charge in [0.05, 0.1) is 5.69 Å². The second-order valence-corrected chi connectivity index (χ2v) is 14.5. The Bertz CT molecular complexity index is 3050. The maximum Gasteiger partial charge on any atom is 0.143 e. The zero-order chi connectivity index (χ0) is 34.6. The Labute approximate surface area is 301 Å². The molecule has 0 amide bonds. The van der Waals surface area contributed by atoms with Crippen molar-refractivity contribution < 1.29 is 8.83 Å². The lowest BCUT2D eigenvalue weighted by Crippen LogP contribution is -2.17. The van der Waals surface area contributed by atoms with Crippen LogP contribution in [-0.4, -0.2) is 0 Å². The number of para-hydroxylation sites is 1. The maximum atomic E-state index is 6.76. The fourth-order valence-corrected chi connectivity index (χ4v) is 8.78. The molecule has 2 heterocycles. The molecule has 246 valence electrons. The van der Waals surface area contributed by atoms with Gasteiger partial charge in [0.1, 0.15) is 22.3 Å². The Kier molecular flexibility index (Phi) is 6.01. The average Bonchev–Trinajstić information content (AvgIpc) is 3.83. The second kappa shape index (κ2) is 10.7. The lowest BCUT2D eigenvalue weighted by atomic mass is 9.82. The summed E-state index contributed by atoms with van der Waals surface area (Å²) in [6.45, 7) is 4.69. The van der Waals surface area contributed by atoms with Gasteiger partial charge in [0.25, 0.3) is 0 Å². The molecule has 0 atom stereocenters. The second-order valence-electron chi connectivity index (χ2n) is 14.5. The van der Waals surface area contributed by atoms with E-state index in [-0.39, 0.29) is 5.41 Å². The molecule has 0 aliphatic heterocycles. The molecule has 0 fully saturated rings. The van der Waals surface area contributed by atoms with Crippen molar-refractivity contribution in [2.45, 2.75) is 19.3 Å². The van der Waals surface area contributed by atoms with Crippen LogP contribution in [0, 0.1) is 0 Å². The van der Waals surface area contributed by atoms with Crippen LogP contribution in [0.3, 0.4) is 0 Å². The summed E-state index contributed by atoms with van der Waals surface area (Å²) in [6.07, 6.45) is 0. The van der Waals surface area contributed by atoms with Gasteiger partial charge in [-0.05, 0) is 81.7 Å². The molecular formula is C49H33NO2. The van der Waals surface area contributed by atoms with Crippen molar-refractivity contribution in [1.82, 2.24) is 0 Å². The summed E-state index contributed by atoms with van der Waals surface area (Å²) in [5.41, 5.74) is 14.1. The van der Waals surface area contributed by atoms with Crippen LogP contribution in [0.25, 0.3) is 76.9 Å². The first-order valence-electron chi connectivity index (χ1n) is 17.9. The van der Waals surface area contributed by atoms with Crippen molar-refractivity contribution in [2.24, 2.45) is 0 Å². The molecule has 0 N–H and O–H groups in total. The van der Waals surface area contributed by atoms with Crippen LogP contribution in [0.15, 0.2) is 173 Å². The van der Waals surface area contributed by atoms with E-state index in [1.165, 1.54) is 22.3 Å². The molecule has 10 aromatic rings. The lowest BCUT2D eigenvalue weighted by molar-refractivity contribution is 0.660. The van der Waals surface area contributed by atoms with E-state index in [4.69, 9.17) is 8.83 Å². The van der Waals surface area contributed by atoms with E-state index in [1.54, 1.807) is 0 Å². The van der Waals surface area contributed by atoms with Gasteiger partial charge in [-0.15, -0.1) is 0 Å². The van der Waals surface area contributed by atoms with Gasteiger partial charge in [-0.2, -0.15) is 0 Å². The molecule has 11 rings (SSSR count). The number of furan rings is 2. The molecule has 2 aromatic heterocycles. The predicted molar refractivity (Wildman–Crippen MR) is 216 cm³/mol. The third-order valence-corrected chi connectivity index (χ3v) is 11.3. The average molecular weight is 668 g/mol. The highest BCUT2D eigenvalue weighted by Gasteiger charge is 2.36. The Hall–Kier alpha value is -6.58. The number of fused-ring (bicyclic) bond motifs is 11. The number of hydrogen-bond donors (Lipinski definition) is 0. The molecule has 8 aromatic carbocycles. The first-order chi connectivity index (χ1) is 25.5. The van der Waals surface area contributed by atoms with E-state index in [9.17, 15) is 0 Å². The van der Waals surface area contributed by atoms with Gasteiger partial charge < -0.3 is 13.7 Å². The first-order valence-corrected chi connectivity index (χ1v) is 17.9. The minimum absolute atomic E-state index is 0.148. The molecule has 3 heteroatoms. The van der Waals surface area contributed by atoms with Crippen molar-refractivity contribution in [3.05, 3.63) is 175 Å². The van der Waals surface area contributed by atoms with Crippen LogP contribution >= 0.6 is 0 Å². The Morgan fingerprint density at radius 1 is 0.462 bits per heavy atom. The van der Waals surface area contributed by atoms with Crippen molar-refractivity contribution >= 4 is 71.7 Å². The molecule has 0 saturated carbocycles. The molecule has 52 heavy (non-hydrogen) atoms. The van der Waals surface area contributed by atoms with Crippen LogP contribution in [0.1, 0.15) is 25.0 Å². The van der Waals surface area contributed by atoms with E-state index < -0.39 is 0 Å². The van der Waals surface area contributed by atoms with Crippen LogP contribution < -0.4 is 4.90 Å². The van der Waals surface area contributed by atoms with Crippen molar-refractivity contribution in [1.29, 1.82) is 0 Å². The predicted octanol–water partition coefficient (Wildman–Crippen LogP) is 14.1. The summed E-state index contributed by atoms with van der Waals surface area (Å²) in [5, 5.41) is 6.72. The Morgan fingerprint density at radius 3 is 2.06 bits per heavy atom. The summed E-state index contributed by atoms with van der Waals surface area (Å²) in [6, 6.07) is 58.7. The molecular weight excluding hydrogens is 635 g/mol. The third-order valence-electron chi connectivity index (χ3n) is 11.3. The van der Waals surface area contributed by atoms with Crippen LogP contribution in [-0.2, 0) is 5.41 Å². The molecule has 0 saturated heterocycles. The maximum absolute atomic E-state index is 6.76. The largest absolute Gasteiger partial charge is 0.456 e. The number of nitrogens with zero attached hydrogens (tertiary/aromatic N) is 1. The fraction of sp³-hybridized carbons (Fsp3) is 0.0612. The van der Waals surface area contributed by atoms with Crippen LogP contribution in [0.5, 0.6) is 0 Å². The normalized spacial score (nSPS) is 13.3. The van der Waals surface area contributed by atoms with Crippen molar-refractivity contribution in [2.75, 3.05) is 4.90 Å². The highest BCUT2D eigenvalue weighted by atomic mass is 16.3. The van der Waals surface area contributed by atoms with E-state index in [1.807, 2.05) is 12.1 Å². The topological polar surface area (TPSA) is 29.5 Å². The minimum Gasteiger partial charge on any atom is -0.456 e. The van der Waals surface area contributed by atoms with Gasteiger partial charge in [-0.1, -0.05) is 123 Å². The summed E-state index contributed by atoms with van der Waals surface area (Å²) >= 11 is 0. The van der Waals surface area contributed by atoms with Crippen molar-refractivity contribution in [3.63, 3.8) is 0 Å². The zero-order valence-electron chi connectivity index (χ0n) is 28.9. The highest BCUT2D eigenvalue weighted by Crippen LogP contribution is 2.53. The summed E-state index contributed by atoms with van der Waals surface area (Å²) in [7, 11) is 0. The van der Waals surface area contributed by atoms with Gasteiger partial charge in [0, 0.05) is 55.4 Å². The first kappa shape index (κ1) is 29.2. The number of rotatable bonds is 4. The number of anilines is 3. The quantitative estimate of drug-likeness (QED) is 0.187. The third kappa shape index (κ3) is 4.08. The van der Waals surface area contributed by atoms with Gasteiger partial charge in [0.2, 0.25) is 0 Å². The Morgan fingerprint density at radius 2 is 1.15 bits per heavy atom. The molecule has 3 nitrogen and oxygen atoms in total. The molecule has 1 aliphatic carbocycles. The van der Waals surface area contributed by atoms with Crippen LogP contribution in [0.2, 0.25) is 0 Å². The minimum atomic E-state index is -0.148. The zero-order valence-corrected chi connectivity index (χ0v) is 28.9. The highest BCUT2D eigenvalue weighted by molar-refractivity contribution is 6.21. The summed E-state index contributed by atoms with van der Waals surface area (Å²) < 4.78 is 13.2. The molecule has 0 spiro atoms. The molecule has 0 radical (unpaired) electrons. The monoisotopic (exact) mass is 667 g/mol. The molecule has 1 aliphatic rings. The van der Waals surface area contributed by atoms with Gasteiger partial charge in [0.15, 0.2) is 0 Å². The lowest BCUT2D eigenvalue weighted by Gasteiger charge is -2.30. The number of benzene rings is 8. The van der Waals surface area contributed by atoms with Gasteiger partial charge in [-0.3, -0.25) is 0 Å². The van der Waals surface area contributed by atoms with Gasteiger partial charge in [-0.25, -0.2) is 0 Å². The number of hydrogen-bond acceptors (Lipinski definition) is 3. The van der Waals surface area contributed by atoms with Crippen LogP contribution in [0.4, 0.5) is 17.1 Å². The summed E-state index contributed by atoms with van der Waals surface area (Å²) in [4.78, 5) is 2.41. The standard InChI is InChI=1S/C49H33NO2/c1-49(2)40-18-10-8-16-35(40)36-24-21-32(28-41(36)49)50(33-22-25-38-37-17-9-11-19-43(37)51-45(38)29-33)42-26-27-44-47(46(42)31-13-4-3-5-14-31)39-23-20-30-12-6-7-15-34(30)48(39)52-44/h3-29H,1-2H3. The van der Waals surface area contributed by atoms with E-state index in [0.717, 1.165) is 82.8 Å². The van der Waals surface area contributed by atoms with E-state index in [2.05, 4.69) is 170 Å². The van der Waals surface area contributed by atoms with E-state index >= 15 is 0 Å². The summed E-state index contributed by atoms with van der Waals surface area (Å²) in [5.74, 6) is 0. The van der Waals surface area contributed by atoms with Gasteiger partial charge >= 0.3 is 0 Å².